The summed E-state index contributed by atoms with van der Waals surface area (Å²) in [5.41, 5.74) is 0.297. The zero-order valence-corrected chi connectivity index (χ0v) is 9.33. The van der Waals surface area contributed by atoms with Crippen molar-refractivity contribution in [3.05, 3.63) is 10.3 Å². The molecule has 0 saturated carbocycles. The molecule has 14 heavy (non-hydrogen) atoms. The number of ketones is 1. The van der Waals surface area contributed by atoms with Crippen LogP contribution in [-0.4, -0.2) is 33.2 Å². The first-order valence-electron chi connectivity index (χ1n) is 3.85. The van der Waals surface area contributed by atoms with Crippen LogP contribution < -0.4 is 5.32 Å². The average Bonchev–Trinajstić information content (AvgIpc) is 2.42. The Balaban J connectivity index is 2.74. The molecule has 1 amide bonds. The molecule has 1 heterocycles. The lowest BCUT2D eigenvalue weighted by Gasteiger charge is -2.02. The lowest BCUT2D eigenvalue weighted by molar-refractivity contribution is -0.116. The van der Waals surface area contributed by atoms with E-state index in [4.69, 9.17) is 0 Å². The molecular formula is C7H9BrN4O2. The molecular weight excluding hydrogens is 252 g/mol. The van der Waals surface area contributed by atoms with Crippen LogP contribution in [0.15, 0.2) is 4.60 Å². The predicted octanol–water partition coefficient (Wildman–Crippen LogP) is -0.104. The van der Waals surface area contributed by atoms with E-state index in [2.05, 4.69) is 31.6 Å². The van der Waals surface area contributed by atoms with Crippen LogP contribution in [0.2, 0.25) is 0 Å². The van der Waals surface area contributed by atoms with Crippen LogP contribution in [0.25, 0.3) is 0 Å². The van der Waals surface area contributed by atoms with Gasteiger partial charge in [0.2, 0.25) is 0 Å². The van der Waals surface area contributed by atoms with Crippen molar-refractivity contribution >= 4 is 27.6 Å². The molecule has 6 nitrogen and oxygen atoms in total. The highest BCUT2D eigenvalue weighted by molar-refractivity contribution is 9.10. The molecule has 0 saturated heterocycles. The molecule has 0 aliphatic carbocycles. The van der Waals surface area contributed by atoms with Crippen LogP contribution in [0.4, 0.5) is 0 Å². The first-order valence-corrected chi connectivity index (χ1v) is 4.64. The molecule has 0 fully saturated rings. The summed E-state index contributed by atoms with van der Waals surface area (Å²) >= 11 is 3.08. The van der Waals surface area contributed by atoms with Crippen LogP contribution in [-0.2, 0) is 11.8 Å². The fourth-order valence-corrected chi connectivity index (χ4v) is 1.37. The Hall–Kier alpha value is -1.24. The van der Waals surface area contributed by atoms with Crippen molar-refractivity contribution in [1.29, 1.82) is 0 Å². The van der Waals surface area contributed by atoms with E-state index in [1.807, 2.05) is 0 Å². The molecule has 0 radical (unpaired) electrons. The third kappa shape index (κ3) is 2.38. The van der Waals surface area contributed by atoms with Crippen LogP contribution in [0.1, 0.15) is 17.4 Å². The van der Waals surface area contributed by atoms with E-state index in [9.17, 15) is 9.59 Å². The van der Waals surface area contributed by atoms with Gasteiger partial charge in [-0.2, -0.15) is 0 Å². The average molecular weight is 261 g/mol. The highest BCUT2D eigenvalue weighted by Crippen LogP contribution is 2.10. The smallest absolute Gasteiger partial charge is 0.272 e. The lowest BCUT2D eigenvalue weighted by Crippen LogP contribution is -2.30. The van der Waals surface area contributed by atoms with E-state index in [0.717, 1.165) is 0 Å². The number of Topliss-reactive ketones (excluding diaryl/α,β-unsaturated/α-hetero) is 1. The Morgan fingerprint density at radius 3 is 2.64 bits per heavy atom. The number of halogens is 1. The molecule has 1 aromatic heterocycles. The van der Waals surface area contributed by atoms with Crippen molar-refractivity contribution in [1.82, 2.24) is 20.3 Å². The highest BCUT2D eigenvalue weighted by atomic mass is 79.9. The molecule has 0 spiro atoms. The van der Waals surface area contributed by atoms with Crippen molar-refractivity contribution in [2.45, 2.75) is 6.92 Å². The summed E-state index contributed by atoms with van der Waals surface area (Å²) in [6.45, 7) is 1.41. The summed E-state index contributed by atoms with van der Waals surface area (Å²) in [7, 11) is 1.60. The fraction of sp³-hybridized carbons (Fsp3) is 0.429. The molecule has 0 atom stereocenters. The first-order chi connectivity index (χ1) is 6.52. The quantitative estimate of drug-likeness (QED) is 0.824. The van der Waals surface area contributed by atoms with E-state index in [1.165, 1.54) is 11.6 Å². The zero-order valence-electron chi connectivity index (χ0n) is 7.74. The third-order valence-electron chi connectivity index (χ3n) is 1.50. The number of hydrogen-bond acceptors (Lipinski definition) is 4. The molecule has 76 valence electrons. The summed E-state index contributed by atoms with van der Waals surface area (Å²) in [4.78, 5) is 22.1. The van der Waals surface area contributed by atoms with E-state index >= 15 is 0 Å². The number of amides is 1. The Bertz CT molecular complexity index is 354. The topological polar surface area (TPSA) is 76.9 Å². The number of carbonyl (C=O) groups is 2. The van der Waals surface area contributed by atoms with Crippen LogP contribution in [0.3, 0.4) is 0 Å². The number of carbonyl (C=O) groups excluding carboxylic acids is 2. The van der Waals surface area contributed by atoms with Gasteiger partial charge in [-0.3, -0.25) is 9.59 Å². The number of nitrogens with one attached hydrogen (secondary N) is 1. The third-order valence-corrected chi connectivity index (χ3v) is 2.03. The SMILES string of the molecule is CC(=O)CNC(=O)c1c(Br)nnn1C. The second kappa shape index (κ2) is 4.32. The number of rotatable bonds is 3. The van der Waals surface area contributed by atoms with Crippen molar-refractivity contribution < 1.29 is 9.59 Å². The van der Waals surface area contributed by atoms with Gasteiger partial charge in [0.05, 0.1) is 6.54 Å². The number of hydrogen-bond donors (Lipinski definition) is 1. The lowest BCUT2D eigenvalue weighted by atomic mass is 10.4. The standard InChI is InChI=1S/C7H9BrN4O2/c1-4(13)3-9-7(14)5-6(8)10-11-12(5)2/h3H2,1-2H3,(H,9,14). The van der Waals surface area contributed by atoms with Gasteiger partial charge in [0, 0.05) is 7.05 Å². The molecule has 0 bridgehead atoms. The van der Waals surface area contributed by atoms with E-state index in [1.54, 1.807) is 7.05 Å². The normalized spacial score (nSPS) is 9.93. The van der Waals surface area contributed by atoms with Gasteiger partial charge in [-0.1, -0.05) is 5.21 Å². The molecule has 1 rings (SSSR count). The predicted molar refractivity (Wildman–Crippen MR) is 51.7 cm³/mol. The summed E-state index contributed by atoms with van der Waals surface area (Å²) in [5.74, 6) is -0.482. The Kier molecular flexibility index (Phi) is 3.34. The van der Waals surface area contributed by atoms with Gasteiger partial charge >= 0.3 is 0 Å². The molecule has 7 heteroatoms. The molecule has 0 aliphatic heterocycles. The zero-order chi connectivity index (χ0) is 10.7. The maximum Gasteiger partial charge on any atom is 0.272 e. The van der Waals surface area contributed by atoms with Gasteiger partial charge in [0.15, 0.2) is 10.3 Å². The number of aromatic nitrogens is 3. The molecule has 0 aliphatic rings. The molecule has 1 aromatic rings. The van der Waals surface area contributed by atoms with E-state index < -0.39 is 0 Å². The van der Waals surface area contributed by atoms with Gasteiger partial charge in [-0.15, -0.1) is 5.10 Å². The van der Waals surface area contributed by atoms with Crippen molar-refractivity contribution in [3.63, 3.8) is 0 Å². The molecule has 0 unspecified atom stereocenters. The molecule has 1 N–H and O–H groups in total. The minimum Gasteiger partial charge on any atom is -0.344 e. The van der Waals surface area contributed by atoms with Crippen molar-refractivity contribution in [2.75, 3.05) is 6.54 Å². The number of aryl methyl sites for hydroxylation is 1. The van der Waals surface area contributed by atoms with Gasteiger partial charge in [-0.05, 0) is 22.9 Å². The number of nitrogens with zero attached hydrogens (tertiary/aromatic N) is 3. The van der Waals surface area contributed by atoms with Crippen LogP contribution >= 0.6 is 15.9 Å². The largest absolute Gasteiger partial charge is 0.344 e. The van der Waals surface area contributed by atoms with Crippen LogP contribution in [0.5, 0.6) is 0 Å². The maximum absolute atomic E-state index is 11.5. The summed E-state index contributed by atoms with van der Waals surface area (Å²) in [6.07, 6.45) is 0. The first kappa shape index (κ1) is 10.8. The van der Waals surface area contributed by atoms with Crippen molar-refractivity contribution in [3.8, 4) is 0 Å². The Morgan fingerprint density at radius 2 is 2.21 bits per heavy atom. The van der Waals surface area contributed by atoms with E-state index in [0.29, 0.717) is 10.3 Å². The minimum atomic E-state index is -0.375. The Morgan fingerprint density at radius 1 is 1.57 bits per heavy atom. The Labute approximate surface area is 88.8 Å². The van der Waals surface area contributed by atoms with Gasteiger partial charge in [0.25, 0.3) is 5.91 Å². The second-order valence-corrected chi connectivity index (χ2v) is 3.49. The van der Waals surface area contributed by atoms with E-state index in [-0.39, 0.29) is 18.2 Å². The van der Waals surface area contributed by atoms with Gasteiger partial charge in [0.1, 0.15) is 5.78 Å². The van der Waals surface area contributed by atoms with Gasteiger partial charge in [-0.25, -0.2) is 4.68 Å². The van der Waals surface area contributed by atoms with Crippen molar-refractivity contribution in [2.24, 2.45) is 7.05 Å². The van der Waals surface area contributed by atoms with Crippen LogP contribution in [0, 0.1) is 0 Å². The highest BCUT2D eigenvalue weighted by Gasteiger charge is 2.16. The minimum absolute atomic E-state index is 0.0104. The monoisotopic (exact) mass is 260 g/mol. The summed E-state index contributed by atoms with van der Waals surface area (Å²) in [6, 6.07) is 0. The summed E-state index contributed by atoms with van der Waals surface area (Å²) in [5, 5.41) is 9.73. The summed E-state index contributed by atoms with van der Waals surface area (Å²) < 4.78 is 1.69. The maximum atomic E-state index is 11.5. The molecule has 0 aromatic carbocycles. The second-order valence-electron chi connectivity index (χ2n) is 2.74. The fourth-order valence-electron chi connectivity index (χ4n) is 0.861. The van der Waals surface area contributed by atoms with Gasteiger partial charge < -0.3 is 5.32 Å².